The van der Waals surface area contributed by atoms with Crippen LogP contribution in [0.2, 0.25) is 0 Å². The number of thiazole rings is 1. The van der Waals surface area contributed by atoms with E-state index in [4.69, 9.17) is 4.98 Å². The Morgan fingerprint density at radius 1 is 1.47 bits per heavy atom. The Morgan fingerprint density at radius 3 is 3.00 bits per heavy atom. The molecule has 3 unspecified atom stereocenters. The van der Waals surface area contributed by atoms with Crippen LogP contribution < -0.4 is 0 Å². The van der Waals surface area contributed by atoms with E-state index in [9.17, 15) is 0 Å². The van der Waals surface area contributed by atoms with Gasteiger partial charge in [0, 0.05) is 36.2 Å². The number of hydrogen-bond donors (Lipinski definition) is 0. The van der Waals surface area contributed by atoms with Crippen LogP contribution in [0.5, 0.6) is 0 Å². The topological polar surface area (TPSA) is 19.4 Å². The van der Waals surface area contributed by atoms with Gasteiger partial charge in [-0.05, 0) is 39.7 Å². The molecule has 1 aromatic heterocycles. The summed E-state index contributed by atoms with van der Waals surface area (Å²) >= 11 is 1.82. The van der Waals surface area contributed by atoms with Crippen molar-refractivity contribution in [2.45, 2.75) is 58.2 Å². The molecule has 1 aromatic rings. The van der Waals surface area contributed by atoms with Crippen molar-refractivity contribution in [1.29, 1.82) is 0 Å². The predicted molar refractivity (Wildman–Crippen MR) is 80.6 cm³/mol. The fraction of sp³-hybridized carbons (Fsp3) is 0.800. The van der Waals surface area contributed by atoms with Gasteiger partial charge < -0.3 is 0 Å². The third-order valence-corrected chi connectivity index (χ3v) is 5.93. The van der Waals surface area contributed by atoms with Gasteiger partial charge in [0.15, 0.2) is 0 Å². The molecule has 3 atom stereocenters. The summed E-state index contributed by atoms with van der Waals surface area (Å²) in [5.41, 5.74) is 1.17. The Morgan fingerprint density at radius 2 is 2.32 bits per heavy atom. The Kier molecular flexibility index (Phi) is 3.92. The van der Waals surface area contributed by atoms with Crippen LogP contribution in [0.3, 0.4) is 0 Å². The minimum atomic E-state index is 0.478. The fourth-order valence-corrected chi connectivity index (χ4v) is 4.53. The van der Waals surface area contributed by atoms with Gasteiger partial charge in [-0.1, -0.05) is 6.92 Å². The third kappa shape index (κ3) is 2.58. The van der Waals surface area contributed by atoms with Crippen molar-refractivity contribution < 1.29 is 0 Å². The molecule has 0 radical (unpaired) electrons. The van der Waals surface area contributed by atoms with Gasteiger partial charge in [-0.25, -0.2) is 4.98 Å². The molecule has 0 saturated carbocycles. The van der Waals surface area contributed by atoms with Crippen molar-refractivity contribution >= 4 is 11.3 Å². The van der Waals surface area contributed by atoms with Gasteiger partial charge in [0.05, 0.1) is 6.04 Å². The molecule has 2 saturated heterocycles. The minimum Gasteiger partial charge on any atom is -0.298 e. The van der Waals surface area contributed by atoms with E-state index in [0.717, 1.165) is 6.04 Å². The minimum absolute atomic E-state index is 0.478. The molecule has 3 heterocycles. The summed E-state index contributed by atoms with van der Waals surface area (Å²) in [5, 5.41) is 3.47. The molecule has 0 aliphatic carbocycles. The lowest BCUT2D eigenvalue weighted by Crippen LogP contribution is -2.56. The van der Waals surface area contributed by atoms with Crippen molar-refractivity contribution in [2.75, 3.05) is 19.6 Å². The van der Waals surface area contributed by atoms with E-state index >= 15 is 0 Å². The Balaban J connectivity index is 1.77. The van der Waals surface area contributed by atoms with E-state index in [1.807, 2.05) is 11.3 Å². The summed E-state index contributed by atoms with van der Waals surface area (Å²) in [6.45, 7) is 10.6. The molecule has 0 amide bonds. The van der Waals surface area contributed by atoms with Crippen molar-refractivity contribution in [3.8, 4) is 0 Å². The normalized spacial score (nSPS) is 30.5. The summed E-state index contributed by atoms with van der Waals surface area (Å²) in [5.74, 6) is 0. The lowest BCUT2D eigenvalue weighted by atomic mass is 10.0. The molecular formula is C15H25N3S. The first kappa shape index (κ1) is 13.5. The van der Waals surface area contributed by atoms with Crippen LogP contribution in [0.15, 0.2) is 5.38 Å². The first-order valence-electron chi connectivity index (χ1n) is 7.61. The molecule has 2 aliphatic heterocycles. The second kappa shape index (κ2) is 5.51. The summed E-state index contributed by atoms with van der Waals surface area (Å²) in [6.07, 6.45) is 4.02. The highest BCUT2D eigenvalue weighted by Gasteiger charge is 2.38. The summed E-state index contributed by atoms with van der Waals surface area (Å²) in [7, 11) is 0. The van der Waals surface area contributed by atoms with Crippen molar-refractivity contribution in [3.63, 3.8) is 0 Å². The molecule has 0 spiro atoms. The first-order valence-corrected chi connectivity index (χ1v) is 8.48. The van der Waals surface area contributed by atoms with Crippen molar-refractivity contribution in [1.82, 2.24) is 14.8 Å². The average Bonchev–Trinajstić information content (AvgIpc) is 3.04. The molecule has 19 heavy (non-hydrogen) atoms. The largest absolute Gasteiger partial charge is 0.298 e. The highest BCUT2D eigenvalue weighted by Crippen LogP contribution is 2.33. The smallest absolute Gasteiger partial charge is 0.110 e. The molecule has 3 rings (SSSR count). The van der Waals surface area contributed by atoms with Gasteiger partial charge in [-0.2, -0.15) is 0 Å². The van der Waals surface area contributed by atoms with Crippen LogP contribution in [-0.2, 0) is 0 Å². The first-order chi connectivity index (χ1) is 9.19. The fourth-order valence-electron chi connectivity index (χ4n) is 3.65. The monoisotopic (exact) mass is 279 g/mol. The molecule has 0 aromatic carbocycles. The molecule has 4 heteroatoms. The maximum absolute atomic E-state index is 4.70. The standard InChI is InChI=1S/C15H25N3S/c1-4-13-8-17-7-5-6-14(17)9-18(13)12(3)15-16-11(2)10-19-15/h10,12-14H,4-9H2,1-3H3. The summed E-state index contributed by atoms with van der Waals surface area (Å²) < 4.78 is 0. The lowest BCUT2D eigenvalue weighted by Gasteiger charge is -2.45. The van der Waals surface area contributed by atoms with E-state index in [1.165, 1.54) is 49.6 Å². The Bertz CT molecular complexity index is 431. The van der Waals surface area contributed by atoms with Crippen LogP contribution >= 0.6 is 11.3 Å². The second-order valence-electron chi connectivity index (χ2n) is 6.05. The molecule has 106 valence electrons. The number of aromatic nitrogens is 1. The van der Waals surface area contributed by atoms with Crippen molar-refractivity contribution in [2.24, 2.45) is 0 Å². The van der Waals surface area contributed by atoms with Crippen LogP contribution in [0.25, 0.3) is 0 Å². The van der Waals surface area contributed by atoms with E-state index in [2.05, 4.69) is 36.0 Å². The zero-order valence-corrected chi connectivity index (χ0v) is 13.1. The SMILES string of the molecule is CCC1CN2CCCC2CN1C(C)c1nc(C)cs1. The molecule has 0 N–H and O–H groups in total. The van der Waals surface area contributed by atoms with Gasteiger partial charge in [0.2, 0.25) is 0 Å². The number of hydrogen-bond acceptors (Lipinski definition) is 4. The van der Waals surface area contributed by atoms with E-state index in [1.54, 1.807) is 0 Å². The average molecular weight is 279 g/mol. The van der Waals surface area contributed by atoms with Crippen LogP contribution in [0.4, 0.5) is 0 Å². The maximum Gasteiger partial charge on any atom is 0.110 e. The Hall–Kier alpha value is -0.450. The lowest BCUT2D eigenvalue weighted by molar-refractivity contribution is 0.0226. The number of rotatable bonds is 3. The highest BCUT2D eigenvalue weighted by atomic mass is 32.1. The molecule has 2 aliphatic rings. The highest BCUT2D eigenvalue weighted by molar-refractivity contribution is 7.09. The summed E-state index contributed by atoms with van der Waals surface area (Å²) in [6, 6.07) is 1.98. The molecule has 0 bridgehead atoms. The van der Waals surface area contributed by atoms with Crippen LogP contribution in [-0.4, -0.2) is 46.5 Å². The van der Waals surface area contributed by atoms with Crippen LogP contribution in [0, 0.1) is 6.92 Å². The number of fused-ring (bicyclic) bond motifs is 1. The van der Waals surface area contributed by atoms with E-state index < -0.39 is 0 Å². The van der Waals surface area contributed by atoms with Gasteiger partial charge in [0.25, 0.3) is 0 Å². The quantitative estimate of drug-likeness (QED) is 0.847. The zero-order chi connectivity index (χ0) is 13.4. The Labute approximate surface area is 120 Å². The number of nitrogens with zero attached hydrogens (tertiary/aromatic N) is 3. The van der Waals surface area contributed by atoms with Crippen LogP contribution in [0.1, 0.15) is 49.9 Å². The van der Waals surface area contributed by atoms with Gasteiger partial charge >= 0.3 is 0 Å². The predicted octanol–water partition coefficient (Wildman–Crippen LogP) is 3.07. The van der Waals surface area contributed by atoms with E-state index in [0.29, 0.717) is 12.1 Å². The number of piperazine rings is 1. The van der Waals surface area contributed by atoms with E-state index in [-0.39, 0.29) is 0 Å². The zero-order valence-electron chi connectivity index (χ0n) is 12.3. The van der Waals surface area contributed by atoms with Crippen molar-refractivity contribution in [3.05, 3.63) is 16.1 Å². The molecule has 2 fully saturated rings. The number of aryl methyl sites for hydroxylation is 1. The van der Waals surface area contributed by atoms with Gasteiger partial charge in [-0.3, -0.25) is 9.80 Å². The maximum atomic E-state index is 4.70. The molecule has 3 nitrogen and oxygen atoms in total. The van der Waals surface area contributed by atoms with Gasteiger partial charge in [-0.15, -0.1) is 11.3 Å². The second-order valence-corrected chi connectivity index (χ2v) is 6.94. The molecular weight excluding hydrogens is 254 g/mol. The third-order valence-electron chi connectivity index (χ3n) is 4.80. The van der Waals surface area contributed by atoms with Gasteiger partial charge in [0.1, 0.15) is 5.01 Å². The summed E-state index contributed by atoms with van der Waals surface area (Å²) in [4.78, 5) is 10.1.